The first-order chi connectivity index (χ1) is 12.0. The molecule has 0 saturated carbocycles. The number of β-amino-alcohol motifs (C(OH)–C–C–N with tert-alkyl or cyclic N) is 1. The van der Waals surface area contributed by atoms with Crippen molar-refractivity contribution in [2.45, 2.75) is 26.0 Å². The fourth-order valence-corrected chi connectivity index (χ4v) is 3.40. The average Bonchev–Trinajstić information content (AvgIpc) is 2.61. The number of methoxy groups -OCH3 is 1. The van der Waals surface area contributed by atoms with Crippen molar-refractivity contribution in [2.75, 3.05) is 39.9 Å². The number of carbonyl (C=O) groups is 1. The number of fused-ring (bicyclic) bond motifs is 1. The zero-order chi connectivity index (χ0) is 18.0. The second kappa shape index (κ2) is 7.45. The lowest BCUT2D eigenvalue weighted by Gasteiger charge is -2.40. The molecule has 1 aromatic carbocycles. The number of rotatable bonds is 4. The van der Waals surface area contributed by atoms with Crippen molar-refractivity contribution >= 4 is 12.0 Å². The second-order valence-corrected chi connectivity index (χ2v) is 6.81. The summed E-state index contributed by atoms with van der Waals surface area (Å²) >= 11 is 0. The summed E-state index contributed by atoms with van der Waals surface area (Å²) in [7, 11) is 1.62. The van der Waals surface area contributed by atoms with Crippen LogP contribution in [0.5, 0.6) is 11.5 Å². The van der Waals surface area contributed by atoms with Gasteiger partial charge in [0.25, 0.3) is 5.91 Å². The molecule has 1 aromatic rings. The zero-order valence-electron chi connectivity index (χ0n) is 15.1. The van der Waals surface area contributed by atoms with Crippen molar-refractivity contribution in [3.63, 3.8) is 0 Å². The Hall–Kier alpha value is -2.05. The van der Waals surface area contributed by atoms with E-state index in [0.29, 0.717) is 31.8 Å². The van der Waals surface area contributed by atoms with Gasteiger partial charge in [0.2, 0.25) is 0 Å². The minimum atomic E-state index is -0.356. The summed E-state index contributed by atoms with van der Waals surface area (Å²) in [5.41, 5.74) is 1.53. The van der Waals surface area contributed by atoms with Crippen LogP contribution in [0, 0.1) is 0 Å². The Morgan fingerprint density at radius 3 is 2.92 bits per heavy atom. The van der Waals surface area contributed by atoms with Gasteiger partial charge >= 0.3 is 0 Å². The van der Waals surface area contributed by atoms with Crippen molar-refractivity contribution in [3.8, 4) is 11.5 Å². The molecular weight excluding hydrogens is 320 g/mol. The fourth-order valence-electron chi connectivity index (χ4n) is 3.40. The number of aliphatic hydroxyl groups excluding tert-OH is 1. The molecular formula is C19H26N2O4. The van der Waals surface area contributed by atoms with E-state index < -0.39 is 0 Å². The van der Waals surface area contributed by atoms with E-state index in [4.69, 9.17) is 9.47 Å². The molecule has 2 atom stereocenters. The number of ether oxygens (including phenoxy) is 2. The van der Waals surface area contributed by atoms with Gasteiger partial charge in [-0.1, -0.05) is 0 Å². The largest absolute Gasteiger partial charge is 0.497 e. The predicted molar refractivity (Wildman–Crippen MR) is 95.8 cm³/mol. The predicted octanol–water partition coefficient (Wildman–Crippen LogP) is 1.38. The van der Waals surface area contributed by atoms with Gasteiger partial charge in [-0.25, -0.2) is 0 Å². The number of hydrogen-bond donors (Lipinski definition) is 1. The van der Waals surface area contributed by atoms with Crippen molar-refractivity contribution in [1.29, 1.82) is 0 Å². The molecule has 1 saturated heterocycles. The molecule has 2 unspecified atom stereocenters. The maximum absolute atomic E-state index is 12.9. The van der Waals surface area contributed by atoms with E-state index in [-0.39, 0.29) is 18.1 Å². The molecule has 0 bridgehead atoms. The van der Waals surface area contributed by atoms with Crippen LogP contribution < -0.4 is 9.47 Å². The molecule has 3 rings (SSSR count). The van der Waals surface area contributed by atoms with Gasteiger partial charge in [-0.3, -0.25) is 9.69 Å². The Kier molecular flexibility index (Phi) is 5.30. The van der Waals surface area contributed by atoms with Gasteiger partial charge in [0.1, 0.15) is 18.1 Å². The summed E-state index contributed by atoms with van der Waals surface area (Å²) in [5, 5.41) is 9.58. The number of piperazine rings is 1. The molecule has 1 fully saturated rings. The van der Waals surface area contributed by atoms with Gasteiger partial charge in [0.15, 0.2) is 0 Å². The van der Waals surface area contributed by atoms with Crippen LogP contribution in [-0.4, -0.2) is 72.9 Å². The Morgan fingerprint density at radius 1 is 1.44 bits per heavy atom. The van der Waals surface area contributed by atoms with Crippen molar-refractivity contribution in [1.82, 2.24) is 9.80 Å². The lowest BCUT2D eigenvalue weighted by atomic mass is 10.0. The number of carbonyl (C=O) groups excluding carboxylic acids is 1. The Balaban J connectivity index is 1.70. The fraction of sp³-hybridized carbons (Fsp3) is 0.526. The highest BCUT2D eigenvalue weighted by Gasteiger charge is 2.29. The molecule has 25 heavy (non-hydrogen) atoms. The summed E-state index contributed by atoms with van der Waals surface area (Å²) in [6, 6.07) is 5.82. The van der Waals surface area contributed by atoms with Crippen molar-refractivity contribution in [3.05, 3.63) is 29.3 Å². The van der Waals surface area contributed by atoms with Gasteiger partial charge in [-0.15, -0.1) is 0 Å². The summed E-state index contributed by atoms with van der Waals surface area (Å²) in [6.45, 7) is 6.92. The van der Waals surface area contributed by atoms with Gasteiger partial charge < -0.3 is 19.5 Å². The molecule has 0 spiro atoms. The third-order valence-electron chi connectivity index (χ3n) is 4.76. The average molecular weight is 346 g/mol. The van der Waals surface area contributed by atoms with Crippen LogP contribution in [0.2, 0.25) is 0 Å². The smallest absolute Gasteiger partial charge is 0.253 e. The number of aliphatic hydroxyl groups is 1. The highest BCUT2D eigenvalue weighted by molar-refractivity contribution is 5.99. The summed E-state index contributed by atoms with van der Waals surface area (Å²) in [4.78, 5) is 17.0. The molecule has 6 nitrogen and oxygen atoms in total. The van der Waals surface area contributed by atoms with Crippen LogP contribution in [0.1, 0.15) is 19.4 Å². The minimum absolute atomic E-state index is 0.0250. The highest BCUT2D eigenvalue weighted by atomic mass is 16.5. The van der Waals surface area contributed by atoms with Crippen LogP contribution in [0.15, 0.2) is 23.8 Å². The molecule has 0 aliphatic carbocycles. The number of nitrogens with zero attached hydrogens (tertiary/aromatic N) is 2. The first kappa shape index (κ1) is 17.8. The molecule has 2 aliphatic rings. The van der Waals surface area contributed by atoms with Gasteiger partial charge in [0.05, 0.1) is 18.8 Å². The molecule has 6 heteroatoms. The van der Waals surface area contributed by atoms with Crippen molar-refractivity contribution in [2.24, 2.45) is 0 Å². The summed E-state index contributed by atoms with van der Waals surface area (Å²) in [5.74, 6) is 1.54. The first-order valence-corrected chi connectivity index (χ1v) is 8.70. The lowest BCUT2D eigenvalue weighted by Crippen LogP contribution is -2.55. The van der Waals surface area contributed by atoms with E-state index in [1.54, 1.807) is 14.0 Å². The molecule has 0 aromatic heterocycles. The van der Waals surface area contributed by atoms with Crippen LogP contribution >= 0.6 is 0 Å². The summed E-state index contributed by atoms with van der Waals surface area (Å²) in [6.07, 6.45) is 1.54. The monoisotopic (exact) mass is 346 g/mol. The molecule has 0 radical (unpaired) electrons. The lowest BCUT2D eigenvalue weighted by molar-refractivity contribution is -0.130. The van der Waals surface area contributed by atoms with E-state index in [9.17, 15) is 9.90 Å². The van der Waals surface area contributed by atoms with Crippen molar-refractivity contribution < 1.29 is 19.4 Å². The maximum atomic E-state index is 12.9. The van der Waals surface area contributed by atoms with Crippen LogP contribution in [0.25, 0.3) is 6.08 Å². The third-order valence-corrected chi connectivity index (χ3v) is 4.76. The number of hydrogen-bond acceptors (Lipinski definition) is 5. The second-order valence-electron chi connectivity index (χ2n) is 6.81. The quantitative estimate of drug-likeness (QED) is 0.893. The molecule has 2 heterocycles. The minimum Gasteiger partial charge on any atom is -0.497 e. The summed E-state index contributed by atoms with van der Waals surface area (Å²) < 4.78 is 11.0. The van der Waals surface area contributed by atoms with E-state index in [1.165, 1.54) is 0 Å². The van der Waals surface area contributed by atoms with Crippen LogP contribution in [-0.2, 0) is 4.79 Å². The Labute approximate surface area is 148 Å². The van der Waals surface area contributed by atoms with E-state index in [1.807, 2.05) is 29.2 Å². The van der Waals surface area contributed by atoms with Crippen LogP contribution in [0.4, 0.5) is 0 Å². The topological polar surface area (TPSA) is 62.2 Å². The van der Waals surface area contributed by atoms with E-state index in [0.717, 1.165) is 23.6 Å². The zero-order valence-corrected chi connectivity index (χ0v) is 15.1. The number of benzene rings is 1. The first-order valence-electron chi connectivity index (χ1n) is 8.70. The molecule has 2 aliphatic heterocycles. The molecule has 1 N–H and O–H groups in total. The van der Waals surface area contributed by atoms with Gasteiger partial charge in [-0.05, 0) is 38.1 Å². The van der Waals surface area contributed by atoms with E-state index >= 15 is 0 Å². The highest BCUT2D eigenvalue weighted by Crippen LogP contribution is 2.30. The standard InChI is InChI=1S/C19H26N2O4/c1-13-10-21(7-6-20(13)11-14(2)22)19(23)16-8-15-9-17(24-3)4-5-18(15)25-12-16/h4-5,8-9,13-14,22H,6-7,10-12H2,1-3H3. The maximum Gasteiger partial charge on any atom is 0.253 e. The van der Waals surface area contributed by atoms with Gasteiger partial charge in [0, 0.05) is 37.8 Å². The number of amides is 1. The van der Waals surface area contributed by atoms with Crippen LogP contribution in [0.3, 0.4) is 0 Å². The Bertz CT molecular complexity index is 671. The SMILES string of the molecule is COc1ccc2c(c1)C=C(C(=O)N1CCN(CC(C)O)C(C)C1)CO2. The third kappa shape index (κ3) is 3.96. The molecule has 136 valence electrons. The Morgan fingerprint density at radius 2 is 2.24 bits per heavy atom. The van der Waals surface area contributed by atoms with Gasteiger partial charge in [-0.2, -0.15) is 0 Å². The molecule has 1 amide bonds. The normalized spacial score (nSPS) is 21.8. The van der Waals surface area contributed by atoms with E-state index in [2.05, 4.69) is 11.8 Å².